The molecule has 0 fully saturated rings. The van der Waals surface area contributed by atoms with E-state index in [-0.39, 0.29) is 0 Å². The van der Waals surface area contributed by atoms with Gasteiger partial charge in [-0.15, -0.1) is 0 Å². The minimum Gasteiger partial charge on any atom is -0.309 e. The van der Waals surface area contributed by atoms with Crippen molar-refractivity contribution in [3.8, 4) is 101 Å². The highest BCUT2D eigenvalue weighted by molar-refractivity contribution is 6.14. The Morgan fingerprint density at radius 3 is 0.902 bits per heavy atom. The topological polar surface area (TPSA) is 35.6 Å². The SMILES string of the molecule is Cc1cc(C)c(-c2ccc3c(c2)c2cc(-c4c(C)cc(C)cc4C)ccc2n3-c2ccccc2-c2cc(-c3cc(-c4ccccc4)nc(-c4ccccc4)n3)ccc2-n2c3ccc(-c4c(C)cc(C)cc4C)cc3c3cc(-c4c(C)cc(C)cc4C)ccc32)c(C)c1. The summed E-state index contributed by atoms with van der Waals surface area (Å²) in [6.45, 7) is 26.8. The van der Waals surface area contributed by atoms with Gasteiger partial charge in [0.15, 0.2) is 5.82 Å². The van der Waals surface area contributed by atoms with Gasteiger partial charge in [-0.25, -0.2) is 9.97 Å². The molecule has 4 nitrogen and oxygen atoms in total. The van der Waals surface area contributed by atoms with E-state index >= 15 is 0 Å². The van der Waals surface area contributed by atoms with Crippen molar-refractivity contribution in [2.75, 3.05) is 0 Å². The Bertz CT molecular complexity index is 5140. The minimum absolute atomic E-state index is 0.677. The molecule has 0 saturated heterocycles. The van der Waals surface area contributed by atoms with E-state index in [1.54, 1.807) is 0 Å². The maximum Gasteiger partial charge on any atom is 0.160 e. The second-order valence-corrected chi connectivity index (χ2v) is 26.1. The van der Waals surface area contributed by atoms with E-state index in [9.17, 15) is 0 Å². The summed E-state index contributed by atoms with van der Waals surface area (Å²) in [5.74, 6) is 0.677. The van der Waals surface area contributed by atoms with Crippen molar-refractivity contribution in [3.05, 3.63) is 297 Å². The van der Waals surface area contributed by atoms with Crippen molar-refractivity contribution in [3.63, 3.8) is 0 Å². The van der Waals surface area contributed by atoms with E-state index in [1.165, 1.54) is 133 Å². The highest BCUT2D eigenvalue weighted by atomic mass is 15.0. The van der Waals surface area contributed by atoms with Crippen LogP contribution in [-0.2, 0) is 0 Å². The van der Waals surface area contributed by atoms with Crippen LogP contribution in [0.5, 0.6) is 0 Å². The molecule has 0 N–H and O–H groups in total. The van der Waals surface area contributed by atoms with Crippen molar-refractivity contribution >= 4 is 43.6 Å². The Hall–Kier alpha value is -10.7. The molecule has 0 bridgehead atoms. The van der Waals surface area contributed by atoms with E-state index in [0.717, 1.165) is 72.6 Å². The van der Waals surface area contributed by atoms with Gasteiger partial charge < -0.3 is 9.13 Å². The molecule has 0 aliphatic heterocycles. The molecule has 0 unspecified atom stereocenters. The number of aryl methyl sites for hydroxylation is 12. The summed E-state index contributed by atoms with van der Waals surface area (Å²) in [7, 11) is 0. The molecule has 3 heterocycles. The molecule has 446 valence electrons. The summed E-state index contributed by atoms with van der Waals surface area (Å²) in [4.78, 5) is 10.7. The Balaban J connectivity index is 1.04. The molecular formula is C88H74N4. The summed E-state index contributed by atoms with van der Waals surface area (Å²) in [6, 6.07) is 86.3. The smallest absolute Gasteiger partial charge is 0.160 e. The molecule has 3 aromatic heterocycles. The maximum absolute atomic E-state index is 5.47. The quantitative estimate of drug-likeness (QED) is 0.137. The third kappa shape index (κ3) is 9.93. The molecule has 0 atom stereocenters. The third-order valence-electron chi connectivity index (χ3n) is 19.2. The molecule has 15 rings (SSSR count). The number of hydrogen-bond acceptors (Lipinski definition) is 2. The Labute approximate surface area is 540 Å². The number of benzene rings is 12. The second kappa shape index (κ2) is 22.7. The van der Waals surface area contributed by atoms with Gasteiger partial charge >= 0.3 is 0 Å². The van der Waals surface area contributed by atoms with Crippen LogP contribution >= 0.6 is 0 Å². The van der Waals surface area contributed by atoms with E-state index in [1.807, 2.05) is 6.07 Å². The number of fused-ring (bicyclic) bond motifs is 6. The van der Waals surface area contributed by atoms with Gasteiger partial charge in [0.2, 0.25) is 0 Å². The first-order valence-corrected chi connectivity index (χ1v) is 32.3. The molecular weight excluding hydrogens is 1110 g/mol. The molecule has 0 aliphatic carbocycles. The van der Waals surface area contributed by atoms with Gasteiger partial charge in [-0.3, -0.25) is 0 Å². The maximum atomic E-state index is 5.47. The highest BCUT2D eigenvalue weighted by Crippen LogP contribution is 2.47. The average Bonchev–Trinajstić information content (AvgIpc) is 1.56. The average molecular weight is 1190 g/mol. The molecule has 0 spiro atoms. The van der Waals surface area contributed by atoms with Gasteiger partial charge in [-0.1, -0.05) is 180 Å². The molecule has 4 heteroatoms. The highest BCUT2D eigenvalue weighted by Gasteiger charge is 2.25. The van der Waals surface area contributed by atoms with E-state index < -0.39 is 0 Å². The predicted molar refractivity (Wildman–Crippen MR) is 391 cm³/mol. The molecule has 92 heavy (non-hydrogen) atoms. The molecule has 0 radical (unpaired) electrons. The standard InChI is InChI=1S/C88H74N4/c1-51-37-55(5)84(56(6)38-51)66-28-33-80-72(46-66)73-47-67(85-57(7)39-52(2)40-58(85)8)29-34-81(73)91(80)78-26-20-19-25-70(78)71-45-65(77-50-76(63-21-15-13-16-22-63)89-88(90-77)64-23-17-14-18-24-64)27-32-79(71)92-82-35-30-68(86-59(9)41-53(3)42-60(86)10)48-74(82)75-49-69(31-36-83(75)92)87-61(11)43-54(4)44-62(87)12/h13-50H,1-12H3. The summed E-state index contributed by atoms with van der Waals surface area (Å²) < 4.78 is 5.06. The first-order valence-electron chi connectivity index (χ1n) is 32.3. The Morgan fingerprint density at radius 2 is 0.533 bits per heavy atom. The Kier molecular flexibility index (Phi) is 14.2. The summed E-state index contributed by atoms with van der Waals surface area (Å²) in [5.41, 5.74) is 38.9. The number of para-hydroxylation sites is 1. The van der Waals surface area contributed by atoms with E-state index in [2.05, 4.69) is 317 Å². The van der Waals surface area contributed by atoms with Crippen molar-refractivity contribution in [1.82, 2.24) is 19.1 Å². The minimum atomic E-state index is 0.677. The van der Waals surface area contributed by atoms with Crippen LogP contribution in [0.2, 0.25) is 0 Å². The first-order chi connectivity index (χ1) is 44.5. The molecule has 0 saturated carbocycles. The van der Waals surface area contributed by atoms with E-state index in [4.69, 9.17) is 9.97 Å². The Morgan fingerprint density at radius 1 is 0.228 bits per heavy atom. The van der Waals surface area contributed by atoms with Crippen molar-refractivity contribution in [2.45, 2.75) is 83.1 Å². The van der Waals surface area contributed by atoms with Crippen molar-refractivity contribution < 1.29 is 0 Å². The van der Waals surface area contributed by atoms with Gasteiger partial charge in [0.25, 0.3) is 0 Å². The monoisotopic (exact) mass is 1190 g/mol. The molecule has 15 aromatic rings. The van der Waals surface area contributed by atoms with Gasteiger partial charge in [0.05, 0.1) is 44.8 Å². The normalized spacial score (nSPS) is 11.7. The summed E-state index contributed by atoms with van der Waals surface area (Å²) >= 11 is 0. The lowest BCUT2D eigenvalue weighted by Crippen LogP contribution is -2.02. The molecule has 0 amide bonds. The molecule has 0 aliphatic rings. The van der Waals surface area contributed by atoms with Crippen LogP contribution in [0.15, 0.2) is 231 Å². The lowest BCUT2D eigenvalue weighted by atomic mass is 9.91. The van der Waals surface area contributed by atoms with Crippen LogP contribution in [-0.4, -0.2) is 19.1 Å². The van der Waals surface area contributed by atoms with Gasteiger partial charge in [0.1, 0.15) is 0 Å². The number of aromatic nitrogens is 4. The van der Waals surface area contributed by atoms with Crippen molar-refractivity contribution in [2.24, 2.45) is 0 Å². The number of rotatable bonds is 10. The zero-order chi connectivity index (χ0) is 63.4. The lowest BCUT2D eigenvalue weighted by molar-refractivity contribution is 1.16. The predicted octanol–water partition coefficient (Wildman–Crippen LogP) is 23.7. The van der Waals surface area contributed by atoms with Gasteiger partial charge in [-0.05, 0) is 245 Å². The summed E-state index contributed by atoms with van der Waals surface area (Å²) in [5, 5.41) is 4.82. The van der Waals surface area contributed by atoms with Crippen molar-refractivity contribution in [1.29, 1.82) is 0 Å². The third-order valence-corrected chi connectivity index (χ3v) is 19.2. The first kappa shape index (κ1) is 57.7. The van der Waals surface area contributed by atoms with Crippen LogP contribution in [0.3, 0.4) is 0 Å². The van der Waals surface area contributed by atoms with Crippen LogP contribution in [0, 0.1) is 83.1 Å². The van der Waals surface area contributed by atoms with Crippen LogP contribution in [0.4, 0.5) is 0 Å². The zero-order valence-electron chi connectivity index (χ0n) is 54.7. The number of nitrogens with zero attached hydrogens (tertiary/aromatic N) is 4. The summed E-state index contributed by atoms with van der Waals surface area (Å²) in [6.07, 6.45) is 0. The fraction of sp³-hybridized carbons (Fsp3) is 0.136. The second-order valence-electron chi connectivity index (χ2n) is 26.1. The van der Waals surface area contributed by atoms with Gasteiger partial charge in [0, 0.05) is 49.4 Å². The lowest BCUT2D eigenvalue weighted by Gasteiger charge is -2.20. The van der Waals surface area contributed by atoms with Crippen LogP contribution < -0.4 is 0 Å². The fourth-order valence-electron chi connectivity index (χ4n) is 15.8. The van der Waals surface area contributed by atoms with Gasteiger partial charge in [-0.2, -0.15) is 0 Å². The van der Waals surface area contributed by atoms with Crippen LogP contribution in [0.1, 0.15) is 66.8 Å². The fourth-order valence-corrected chi connectivity index (χ4v) is 15.8. The van der Waals surface area contributed by atoms with E-state index in [0.29, 0.717) is 5.82 Å². The molecule has 12 aromatic carbocycles. The largest absolute Gasteiger partial charge is 0.309 e. The number of hydrogen-bond donors (Lipinski definition) is 0. The van der Waals surface area contributed by atoms with Crippen LogP contribution in [0.25, 0.3) is 145 Å². The zero-order valence-corrected chi connectivity index (χ0v) is 54.7.